The van der Waals surface area contributed by atoms with E-state index in [1.807, 2.05) is 38.1 Å². The van der Waals surface area contributed by atoms with Gasteiger partial charge in [-0.2, -0.15) is 0 Å². The molecule has 0 bridgehead atoms. The van der Waals surface area contributed by atoms with Crippen molar-refractivity contribution in [3.8, 4) is 5.75 Å². The molecule has 0 saturated heterocycles. The maximum absolute atomic E-state index is 5.99. The van der Waals surface area contributed by atoms with Crippen molar-refractivity contribution in [1.82, 2.24) is 0 Å². The van der Waals surface area contributed by atoms with Gasteiger partial charge in [-0.1, -0.05) is 18.2 Å². The van der Waals surface area contributed by atoms with Crippen LogP contribution in [0.25, 0.3) is 0 Å². The van der Waals surface area contributed by atoms with E-state index in [0.717, 1.165) is 11.3 Å². The van der Waals surface area contributed by atoms with Crippen LogP contribution >= 0.6 is 0 Å². The molecule has 4 nitrogen and oxygen atoms in total. The van der Waals surface area contributed by atoms with Crippen LogP contribution in [0.5, 0.6) is 5.75 Å². The summed E-state index contributed by atoms with van der Waals surface area (Å²) in [5.74, 6) is 0.802. The van der Waals surface area contributed by atoms with Gasteiger partial charge >= 0.3 is 0 Å². The zero-order valence-corrected chi connectivity index (χ0v) is 11.4. The summed E-state index contributed by atoms with van der Waals surface area (Å²) in [6.07, 6.45) is -0.179. The van der Waals surface area contributed by atoms with Crippen LogP contribution in [-0.4, -0.2) is 33.0 Å². The highest BCUT2D eigenvalue weighted by molar-refractivity contribution is 5.35. The van der Waals surface area contributed by atoms with Gasteiger partial charge in [0.05, 0.1) is 20.3 Å². The summed E-state index contributed by atoms with van der Waals surface area (Å²) in [6, 6.07) is 7.67. The highest BCUT2D eigenvalue weighted by atomic mass is 16.5. The molecule has 0 amide bonds. The minimum atomic E-state index is -0.179. The first-order chi connectivity index (χ1) is 8.70. The lowest BCUT2D eigenvalue weighted by molar-refractivity contribution is -0.00335. The average molecular weight is 253 g/mol. The molecule has 0 aromatic heterocycles. The van der Waals surface area contributed by atoms with Crippen LogP contribution in [0.3, 0.4) is 0 Å². The van der Waals surface area contributed by atoms with E-state index in [-0.39, 0.29) is 12.1 Å². The quantitative estimate of drug-likeness (QED) is 0.721. The van der Waals surface area contributed by atoms with E-state index < -0.39 is 0 Å². The molecule has 1 rings (SSSR count). The van der Waals surface area contributed by atoms with Gasteiger partial charge < -0.3 is 19.9 Å². The van der Waals surface area contributed by atoms with Crippen molar-refractivity contribution in [2.45, 2.75) is 26.0 Å². The summed E-state index contributed by atoms with van der Waals surface area (Å²) < 4.78 is 16.4. The number of hydrogen-bond acceptors (Lipinski definition) is 4. The van der Waals surface area contributed by atoms with Gasteiger partial charge in [0.25, 0.3) is 0 Å². The Morgan fingerprint density at radius 1 is 1.22 bits per heavy atom. The molecule has 0 spiro atoms. The molecule has 4 heteroatoms. The molecule has 0 aliphatic rings. The average Bonchev–Trinajstić information content (AvgIpc) is 2.38. The second-order valence-electron chi connectivity index (χ2n) is 4.09. The molecule has 1 aromatic rings. The fourth-order valence-corrected chi connectivity index (χ4v) is 1.80. The SMILES string of the molecule is CCOCCOC(c1ccccc1OC)C(C)N. The molecule has 1 aromatic carbocycles. The van der Waals surface area contributed by atoms with Gasteiger partial charge in [0.15, 0.2) is 0 Å². The Morgan fingerprint density at radius 3 is 2.56 bits per heavy atom. The van der Waals surface area contributed by atoms with Crippen LogP contribution in [0.2, 0.25) is 0 Å². The summed E-state index contributed by atoms with van der Waals surface area (Å²) in [4.78, 5) is 0. The zero-order valence-electron chi connectivity index (χ0n) is 11.4. The van der Waals surface area contributed by atoms with Crippen molar-refractivity contribution < 1.29 is 14.2 Å². The number of nitrogens with two attached hydrogens (primary N) is 1. The Balaban J connectivity index is 2.71. The van der Waals surface area contributed by atoms with Gasteiger partial charge in [0, 0.05) is 18.2 Å². The van der Waals surface area contributed by atoms with Gasteiger partial charge in [0.1, 0.15) is 11.9 Å². The Hall–Kier alpha value is -1.10. The molecule has 0 fully saturated rings. The second kappa shape index (κ2) is 8.08. The summed E-state index contributed by atoms with van der Waals surface area (Å²) in [6.45, 7) is 5.69. The number of hydrogen-bond donors (Lipinski definition) is 1. The molecule has 0 aliphatic carbocycles. The van der Waals surface area contributed by atoms with Gasteiger partial charge in [-0.3, -0.25) is 0 Å². The minimum Gasteiger partial charge on any atom is -0.496 e. The lowest BCUT2D eigenvalue weighted by atomic mass is 10.0. The highest BCUT2D eigenvalue weighted by Gasteiger charge is 2.20. The fourth-order valence-electron chi connectivity index (χ4n) is 1.80. The van der Waals surface area contributed by atoms with Crippen molar-refractivity contribution in [3.63, 3.8) is 0 Å². The van der Waals surface area contributed by atoms with Crippen molar-refractivity contribution in [3.05, 3.63) is 29.8 Å². The topological polar surface area (TPSA) is 53.7 Å². The normalized spacial score (nSPS) is 14.2. The third kappa shape index (κ3) is 4.29. The van der Waals surface area contributed by atoms with Crippen LogP contribution < -0.4 is 10.5 Å². The monoisotopic (exact) mass is 253 g/mol. The first-order valence-electron chi connectivity index (χ1n) is 6.28. The van der Waals surface area contributed by atoms with E-state index in [2.05, 4.69) is 0 Å². The van der Waals surface area contributed by atoms with Crippen LogP contribution in [0.1, 0.15) is 25.5 Å². The predicted molar refractivity (Wildman–Crippen MR) is 71.8 cm³/mol. The van der Waals surface area contributed by atoms with Crippen molar-refractivity contribution in [2.24, 2.45) is 5.73 Å². The van der Waals surface area contributed by atoms with Crippen LogP contribution in [0.4, 0.5) is 0 Å². The van der Waals surface area contributed by atoms with E-state index in [4.69, 9.17) is 19.9 Å². The van der Waals surface area contributed by atoms with E-state index in [0.29, 0.717) is 19.8 Å². The van der Waals surface area contributed by atoms with Gasteiger partial charge in [-0.05, 0) is 19.9 Å². The maximum atomic E-state index is 5.99. The summed E-state index contributed by atoms with van der Waals surface area (Å²) >= 11 is 0. The molecule has 2 unspecified atom stereocenters. The molecule has 102 valence electrons. The Morgan fingerprint density at radius 2 is 1.94 bits per heavy atom. The number of rotatable bonds is 8. The molecule has 0 saturated carbocycles. The van der Waals surface area contributed by atoms with Crippen LogP contribution in [0, 0.1) is 0 Å². The van der Waals surface area contributed by atoms with E-state index >= 15 is 0 Å². The molecule has 2 N–H and O–H groups in total. The Labute approximate surface area is 109 Å². The fraction of sp³-hybridized carbons (Fsp3) is 0.571. The van der Waals surface area contributed by atoms with E-state index in [1.165, 1.54) is 0 Å². The zero-order chi connectivity index (χ0) is 13.4. The first kappa shape index (κ1) is 15.0. The van der Waals surface area contributed by atoms with Crippen LogP contribution in [-0.2, 0) is 9.47 Å². The molecular formula is C14H23NO3. The molecule has 2 atom stereocenters. The number of para-hydroxylation sites is 1. The first-order valence-corrected chi connectivity index (χ1v) is 6.28. The second-order valence-corrected chi connectivity index (χ2v) is 4.09. The number of methoxy groups -OCH3 is 1. The third-order valence-electron chi connectivity index (χ3n) is 2.65. The van der Waals surface area contributed by atoms with Gasteiger partial charge in [0.2, 0.25) is 0 Å². The molecule has 0 radical (unpaired) electrons. The molecular weight excluding hydrogens is 230 g/mol. The minimum absolute atomic E-state index is 0.108. The predicted octanol–water partition coefficient (Wildman–Crippen LogP) is 2.14. The Bertz CT molecular complexity index is 342. The van der Waals surface area contributed by atoms with E-state index in [1.54, 1.807) is 7.11 Å². The maximum Gasteiger partial charge on any atom is 0.124 e. The van der Waals surface area contributed by atoms with Crippen molar-refractivity contribution in [1.29, 1.82) is 0 Å². The van der Waals surface area contributed by atoms with Crippen molar-refractivity contribution >= 4 is 0 Å². The molecule has 18 heavy (non-hydrogen) atoms. The van der Waals surface area contributed by atoms with Crippen LogP contribution in [0.15, 0.2) is 24.3 Å². The third-order valence-corrected chi connectivity index (χ3v) is 2.65. The van der Waals surface area contributed by atoms with Crippen molar-refractivity contribution in [2.75, 3.05) is 26.9 Å². The molecule has 0 heterocycles. The largest absolute Gasteiger partial charge is 0.496 e. The highest BCUT2D eigenvalue weighted by Crippen LogP contribution is 2.29. The molecule has 0 aliphatic heterocycles. The summed E-state index contributed by atoms with van der Waals surface area (Å²) in [5.41, 5.74) is 6.96. The summed E-state index contributed by atoms with van der Waals surface area (Å²) in [7, 11) is 1.65. The summed E-state index contributed by atoms with van der Waals surface area (Å²) in [5, 5.41) is 0. The van der Waals surface area contributed by atoms with Gasteiger partial charge in [-0.25, -0.2) is 0 Å². The lowest BCUT2D eigenvalue weighted by Crippen LogP contribution is -2.28. The smallest absolute Gasteiger partial charge is 0.124 e. The lowest BCUT2D eigenvalue weighted by Gasteiger charge is -2.23. The number of benzene rings is 1. The van der Waals surface area contributed by atoms with E-state index in [9.17, 15) is 0 Å². The van der Waals surface area contributed by atoms with Gasteiger partial charge in [-0.15, -0.1) is 0 Å². The number of ether oxygens (including phenoxy) is 3. The Kier molecular flexibility index (Phi) is 6.72. The standard InChI is InChI=1S/C14H23NO3/c1-4-17-9-10-18-14(11(2)15)12-7-5-6-8-13(12)16-3/h5-8,11,14H,4,9-10,15H2,1-3H3.